The lowest BCUT2D eigenvalue weighted by Gasteiger charge is -2.18. The summed E-state index contributed by atoms with van der Waals surface area (Å²) in [6.45, 7) is 4.08. The molecule has 2 heterocycles. The maximum absolute atomic E-state index is 13.0. The summed E-state index contributed by atoms with van der Waals surface area (Å²) in [6.07, 6.45) is 4.70. The van der Waals surface area contributed by atoms with Crippen LogP contribution in [0.5, 0.6) is 0 Å². The number of amides is 1. The fraction of sp³-hybridized carbons (Fsp3) is 0.200. The molecule has 3 nitrogen and oxygen atoms in total. The summed E-state index contributed by atoms with van der Waals surface area (Å²) in [5.74, 6) is 0.0385. The highest BCUT2D eigenvalue weighted by Crippen LogP contribution is 2.35. The average Bonchev–Trinajstić information content (AvgIpc) is 2.95. The Labute approximate surface area is 136 Å². The number of rotatable bonds is 1. The Hall–Kier alpha value is -2.68. The molecule has 3 heteroatoms. The first-order valence-corrected chi connectivity index (χ1v) is 7.88. The van der Waals surface area contributed by atoms with Crippen LogP contribution in [0.2, 0.25) is 0 Å². The molecule has 0 aliphatic carbocycles. The predicted molar refractivity (Wildman–Crippen MR) is 93.1 cm³/mol. The van der Waals surface area contributed by atoms with Gasteiger partial charge >= 0.3 is 0 Å². The molecule has 4 rings (SSSR count). The van der Waals surface area contributed by atoms with E-state index >= 15 is 0 Å². The Bertz CT molecular complexity index is 849. The van der Waals surface area contributed by atoms with E-state index in [1.807, 2.05) is 54.6 Å². The van der Waals surface area contributed by atoms with Gasteiger partial charge < -0.3 is 4.90 Å². The quantitative estimate of drug-likeness (QED) is 0.774. The molecule has 0 saturated heterocycles. The number of aliphatic imine (C=N–C) groups is 1. The summed E-state index contributed by atoms with van der Waals surface area (Å²) in [6, 6.07) is 14.2. The van der Waals surface area contributed by atoms with Gasteiger partial charge in [0.15, 0.2) is 0 Å². The third-order valence-electron chi connectivity index (χ3n) is 4.69. The van der Waals surface area contributed by atoms with Crippen LogP contribution < -0.4 is 0 Å². The largest absolute Gasteiger partial charge is 0.306 e. The molecule has 0 N–H and O–H groups in total. The number of carbonyl (C=O) groups is 1. The minimum absolute atomic E-state index is 0.00529. The number of benzene rings is 2. The number of nitrogens with zero attached hydrogens (tertiary/aromatic N) is 2. The lowest BCUT2D eigenvalue weighted by atomic mass is 10.0. The van der Waals surface area contributed by atoms with Gasteiger partial charge in [-0.25, -0.2) is 0 Å². The fourth-order valence-electron chi connectivity index (χ4n) is 3.20. The van der Waals surface area contributed by atoms with Crippen LogP contribution >= 0.6 is 0 Å². The first kappa shape index (κ1) is 13.9. The summed E-state index contributed by atoms with van der Waals surface area (Å²) < 4.78 is 0. The van der Waals surface area contributed by atoms with E-state index in [2.05, 4.69) is 24.0 Å². The molecular formula is C20H18N2O. The van der Waals surface area contributed by atoms with Gasteiger partial charge in [0.05, 0.1) is 17.3 Å². The molecule has 0 spiro atoms. The Morgan fingerprint density at radius 3 is 2.61 bits per heavy atom. The zero-order valence-corrected chi connectivity index (χ0v) is 13.3. The monoisotopic (exact) mass is 302 g/mol. The van der Waals surface area contributed by atoms with Crippen LogP contribution in [0.4, 0.5) is 5.69 Å². The van der Waals surface area contributed by atoms with E-state index < -0.39 is 0 Å². The minimum Gasteiger partial charge on any atom is -0.306 e. The Balaban J connectivity index is 1.76. The van der Waals surface area contributed by atoms with Crippen LogP contribution in [0, 0.1) is 13.8 Å². The average molecular weight is 302 g/mol. The zero-order valence-electron chi connectivity index (χ0n) is 13.3. The van der Waals surface area contributed by atoms with E-state index in [0.717, 1.165) is 23.2 Å². The lowest BCUT2D eigenvalue weighted by molar-refractivity contribution is 0.0818. The van der Waals surface area contributed by atoms with E-state index in [1.54, 1.807) is 0 Å². The number of carbonyl (C=O) groups excluding carboxylic acids is 1. The van der Waals surface area contributed by atoms with E-state index in [4.69, 9.17) is 0 Å². The highest BCUT2D eigenvalue weighted by Gasteiger charge is 2.32. The topological polar surface area (TPSA) is 32.7 Å². The standard InChI is InChI=1S/C20H18N2O/c1-13-8-18-19(9-14(13)2)21-11-17-10-16(12-22(17)20(18)23)15-6-4-3-5-7-15/h3-9,11-12,17H,10H2,1-2H3/t17-/m0/s1. The van der Waals surface area contributed by atoms with Gasteiger partial charge in [-0.1, -0.05) is 30.3 Å². The molecule has 0 saturated carbocycles. The maximum atomic E-state index is 13.0. The van der Waals surface area contributed by atoms with Crippen LogP contribution in [0.15, 0.2) is 53.7 Å². The molecule has 2 aliphatic heterocycles. The molecule has 2 aromatic rings. The number of aryl methyl sites for hydroxylation is 2. The fourth-order valence-corrected chi connectivity index (χ4v) is 3.20. The molecule has 0 aromatic heterocycles. The maximum Gasteiger partial charge on any atom is 0.260 e. The van der Waals surface area contributed by atoms with Crippen molar-refractivity contribution in [2.45, 2.75) is 26.3 Å². The summed E-state index contributed by atoms with van der Waals surface area (Å²) in [5.41, 5.74) is 6.11. The summed E-state index contributed by atoms with van der Waals surface area (Å²) >= 11 is 0. The minimum atomic E-state index is 0.00529. The number of hydrogen-bond acceptors (Lipinski definition) is 2. The Morgan fingerprint density at radius 2 is 1.83 bits per heavy atom. The van der Waals surface area contributed by atoms with Crippen molar-refractivity contribution >= 4 is 23.4 Å². The van der Waals surface area contributed by atoms with Crippen molar-refractivity contribution in [3.05, 3.63) is 70.9 Å². The second-order valence-electron chi connectivity index (χ2n) is 6.24. The molecule has 0 fully saturated rings. The zero-order chi connectivity index (χ0) is 16.0. The molecular weight excluding hydrogens is 284 g/mol. The molecule has 0 radical (unpaired) electrons. The van der Waals surface area contributed by atoms with Crippen LogP contribution in [0.3, 0.4) is 0 Å². The molecule has 0 unspecified atom stereocenters. The van der Waals surface area contributed by atoms with E-state index in [1.165, 1.54) is 11.1 Å². The second-order valence-corrected chi connectivity index (χ2v) is 6.24. The van der Waals surface area contributed by atoms with E-state index in [-0.39, 0.29) is 11.9 Å². The van der Waals surface area contributed by atoms with Crippen LogP contribution in [-0.2, 0) is 0 Å². The first-order valence-electron chi connectivity index (χ1n) is 7.88. The first-order chi connectivity index (χ1) is 11.1. The van der Waals surface area contributed by atoms with Crippen molar-refractivity contribution in [3.63, 3.8) is 0 Å². The lowest BCUT2D eigenvalue weighted by Crippen LogP contribution is -2.32. The van der Waals surface area contributed by atoms with Gasteiger partial charge in [-0.2, -0.15) is 0 Å². The van der Waals surface area contributed by atoms with Crippen molar-refractivity contribution in [1.29, 1.82) is 0 Å². The van der Waals surface area contributed by atoms with Gasteiger partial charge in [-0.3, -0.25) is 9.79 Å². The van der Waals surface area contributed by atoms with Gasteiger partial charge in [0.2, 0.25) is 0 Å². The third-order valence-corrected chi connectivity index (χ3v) is 4.69. The van der Waals surface area contributed by atoms with Gasteiger partial charge in [0.25, 0.3) is 5.91 Å². The molecule has 1 atom stereocenters. The SMILES string of the molecule is Cc1cc2c(cc1C)C(=O)N1C=C(c3ccccc3)C[C@H]1C=N2. The summed E-state index contributed by atoms with van der Waals surface area (Å²) in [7, 11) is 0. The Morgan fingerprint density at radius 1 is 1.09 bits per heavy atom. The van der Waals surface area contributed by atoms with E-state index in [0.29, 0.717) is 5.56 Å². The van der Waals surface area contributed by atoms with Crippen LogP contribution in [-0.4, -0.2) is 23.1 Å². The van der Waals surface area contributed by atoms with Gasteiger partial charge in [0, 0.05) is 18.8 Å². The smallest absolute Gasteiger partial charge is 0.260 e. The predicted octanol–water partition coefficient (Wildman–Crippen LogP) is 4.27. The Kier molecular flexibility index (Phi) is 3.15. The number of hydrogen-bond donors (Lipinski definition) is 0. The van der Waals surface area contributed by atoms with Crippen molar-refractivity contribution < 1.29 is 4.79 Å². The van der Waals surface area contributed by atoms with Crippen molar-refractivity contribution in [2.75, 3.05) is 0 Å². The normalized spacial score (nSPS) is 19.2. The van der Waals surface area contributed by atoms with Crippen molar-refractivity contribution in [3.8, 4) is 0 Å². The van der Waals surface area contributed by atoms with Gasteiger partial charge in [-0.05, 0) is 48.2 Å². The molecule has 23 heavy (non-hydrogen) atoms. The molecule has 2 aliphatic rings. The summed E-state index contributed by atoms with van der Waals surface area (Å²) in [4.78, 5) is 19.4. The van der Waals surface area contributed by atoms with Crippen LogP contribution in [0.1, 0.15) is 33.5 Å². The van der Waals surface area contributed by atoms with E-state index in [9.17, 15) is 4.79 Å². The second kappa shape index (κ2) is 5.20. The summed E-state index contributed by atoms with van der Waals surface area (Å²) in [5, 5.41) is 0. The molecule has 2 aromatic carbocycles. The highest BCUT2D eigenvalue weighted by molar-refractivity contribution is 6.05. The third kappa shape index (κ3) is 2.29. The van der Waals surface area contributed by atoms with Crippen LogP contribution in [0.25, 0.3) is 5.57 Å². The highest BCUT2D eigenvalue weighted by atomic mass is 16.2. The van der Waals surface area contributed by atoms with Gasteiger partial charge in [0.1, 0.15) is 0 Å². The van der Waals surface area contributed by atoms with Crippen molar-refractivity contribution in [1.82, 2.24) is 4.90 Å². The molecule has 114 valence electrons. The van der Waals surface area contributed by atoms with Crippen molar-refractivity contribution in [2.24, 2.45) is 4.99 Å². The van der Waals surface area contributed by atoms with Gasteiger partial charge in [-0.15, -0.1) is 0 Å². The number of fused-ring (bicyclic) bond motifs is 2. The molecule has 1 amide bonds. The molecule has 0 bridgehead atoms.